The fraction of sp³-hybridized carbons (Fsp3) is 0.263. The molecule has 0 saturated heterocycles. The topological polar surface area (TPSA) is 81.9 Å². The molecule has 0 bridgehead atoms. The molecule has 1 aromatic heterocycles. The molecule has 3 rings (SSSR count). The largest absolute Gasteiger partial charge is 0.494 e. The number of carbonyl (C=O) groups is 1. The van der Waals surface area contributed by atoms with Crippen molar-refractivity contribution >= 4 is 11.6 Å². The molecule has 0 fully saturated rings. The number of amides is 1. The molecule has 0 radical (unpaired) electrons. The Labute approximate surface area is 152 Å². The summed E-state index contributed by atoms with van der Waals surface area (Å²) in [7, 11) is 0. The number of rotatable bonds is 6. The first-order valence-corrected chi connectivity index (χ1v) is 8.44. The van der Waals surface area contributed by atoms with Gasteiger partial charge in [0, 0.05) is 5.69 Å². The number of anilines is 1. The second-order valence-electron chi connectivity index (χ2n) is 5.94. The predicted molar refractivity (Wildman–Crippen MR) is 98.6 cm³/mol. The lowest BCUT2D eigenvalue weighted by Crippen LogP contribution is -2.15. The van der Waals surface area contributed by atoms with Crippen molar-refractivity contribution in [1.29, 1.82) is 0 Å². The van der Waals surface area contributed by atoms with Gasteiger partial charge in [-0.3, -0.25) is 4.79 Å². The van der Waals surface area contributed by atoms with E-state index in [-0.39, 0.29) is 5.91 Å². The van der Waals surface area contributed by atoms with Gasteiger partial charge in [-0.15, -0.1) is 5.10 Å². The molecule has 3 aromatic rings. The van der Waals surface area contributed by atoms with Crippen molar-refractivity contribution in [2.75, 3.05) is 11.9 Å². The van der Waals surface area contributed by atoms with Crippen LogP contribution in [0.3, 0.4) is 0 Å². The van der Waals surface area contributed by atoms with Gasteiger partial charge in [-0.1, -0.05) is 18.2 Å². The van der Waals surface area contributed by atoms with Gasteiger partial charge in [0.2, 0.25) is 5.91 Å². The van der Waals surface area contributed by atoms with Crippen LogP contribution >= 0.6 is 0 Å². The smallest absolute Gasteiger partial charge is 0.228 e. The van der Waals surface area contributed by atoms with Gasteiger partial charge in [0.25, 0.3) is 0 Å². The number of carbonyl (C=O) groups excluding carboxylic acids is 1. The molecule has 0 atom stereocenters. The van der Waals surface area contributed by atoms with Crippen molar-refractivity contribution in [3.05, 3.63) is 59.4 Å². The standard InChI is InChI=1S/C19H21N5O2/c1-4-26-17-9-6-15(7-10-17)11-19(25)20-16-8-5-13(2)18(12-16)24-14(3)21-22-23-24/h5-10,12H,4,11H2,1-3H3,(H,20,25). The molecule has 0 aliphatic heterocycles. The van der Waals surface area contributed by atoms with Crippen LogP contribution in [-0.4, -0.2) is 32.7 Å². The molecular formula is C19H21N5O2. The number of ether oxygens (including phenoxy) is 1. The molecule has 1 amide bonds. The first kappa shape index (κ1) is 17.6. The van der Waals surface area contributed by atoms with Crippen molar-refractivity contribution in [3.63, 3.8) is 0 Å². The van der Waals surface area contributed by atoms with Gasteiger partial charge < -0.3 is 10.1 Å². The maximum Gasteiger partial charge on any atom is 0.228 e. The summed E-state index contributed by atoms with van der Waals surface area (Å²) in [5.74, 6) is 1.40. The van der Waals surface area contributed by atoms with E-state index in [1.165, 1.54) is 0 Å². The molecule has 0 unspecified atom stereocenters. The highest BCUT2D eigenvalue weighted by molar-refractivity contribution is 5.92. The Balaban J connectivity index is 1.70. The summed E-state index contributed by atoms with van der Waals surface area (Å²) in [6, 6.07) is 13.2. The molecule has 134 valence electrons. The maximum atomic E-state index is 12.4. The average Bonchev–Trinajstić information content (AvgIpc) is 3.04. The first-order valence-electron chi connectivity index (χ1n) is 8.44. The molecule has 7 nitrogen and oxygen atoms in total. The third-order valence-electron chi connectivity index (χ3n) is 3.95. The maximum absolute atomic E-state index is 12.4. The van der Waals surface area contributed by atoms with Gasteiger partial charge in [-0.05, 0) is 66.6 Å². The monoisotopic (exact) mass is 351 g/mol. The molecule has 2 aromatic carbocycles. The van der Waals surface area contributed by atoms with Crippen LogP contribution in [0.25, 0.3) is 5.69 Å². The predicted octanol–water partition coefficient (Wildman–Crippen LogP) is 2.86. The normalized spacial score (nSPS) is 10.6. The van der Waals surface area contributed by atoms with E-state index in [1.54, 1.807) is 4.68 Å². The molecule has 0 aliphatic carbocycles. The van der Waals surface area contributed by atoms with E-state index in [2.05, 4.69) is 20.8 Å². The van der Waals surface area contributed by atoms with Gasteiger partial charge >= 0.3 is 0 Å². The summed E-state index contributed by atoms with van der Waals surface area (Å²) in [6.07, 6.45) is 0.291. The Kier molecular flexibility index (Phi) is 5.26. The first-order chi connectivity index (χ1) is 12.6. The second kappa shape index (κ2) is 7.77. The van der Waals surface area contributed by atoms with Crippen molar-refractivity contribution in [3.8, 4) is 11.4 Å². The molecule has 0 aliphatic rings. The van der Waals surface area contributed by atoms with E-state index in [9.17, 15) is 4.79 Å². The van der Waals surface area contributed by atoms with Gasteiger partial charge in [0.15, 0.2) is 5.82 Å². The van der Waals surface area contributed by atoms with Crippen molar-refractivity contribution in [2.45, 2.75) is 27.2 Å². The molecule has 0 saturated carbocycles. The molecular weight excluding hydrogens is 330 g/mol. The number of nitrogens with one attached hydrogen (secondary N) is 1. The van der Waals surface area contributed by atoms with Gasteiger partial charge in [0.1, 0.15) is 5.75 Å². The fourth-order valence-electron chi connectivity index (χ4n) is 2.63. The highest BCUT2D eigenvalue weighted by Gasteiger charge is 2.10. The van der Waals surface area contributed by atoms with E-state index in [0.29, 0.717) is 24.5 Å². The SMILES string of the molecule is CCOc1ccc(CC(=O)Nc2ccc(C)c(-n3nnnc3C)c2)cc1. The number of aromatic nitrogens is 4. The zero-order valence-electron chi connectivity index (χ0n) is 15.1. The number of nitrogens with zero attached hydrogens (tertiary/aromatic N) is 4. The van der Waals surface area contributed by atoms with E-state index in [1.807, 2.05) is 63.2 Å². The van der Waals surface area contributed by atoms with Crippen LogP contribution < -0.4 is 10.1 Å². The van der Waals surface area contributed by atoms with Gasteiger partial charge in [-0.2, -0.15) is 4.68 Å². The van der Waals surface area contributed by atoms with Crippen LogP contribution in [-0.2, 0) is 11.2 Å². The Bertz CT molecular complexity index is 903. The van der Waals surface area contributed by atoms with Gasteiger partial charge in [-0.25, -0.2) is 0 Å². The van der Waals surface area contributed by atoms with Crippen LogP contribution in [0, 0.1) is 13.8 Å². The minimum Gasteiger partial charge on any atom is -0.494 e. The number of hydrogen-bond donors (Lipinski definition) is 1. The van der Waals surface area contributed by atoms with Gasteiger partial charge in [0.05, 0.1) is 18.7 Å². The fourth-order valence-corrected chi connectivity index (χ4v) is 2.63. The Morgan fingerprint density at radius 1 is 1.15 bits per heavy atom. The summed E-state index contributed by atoms with van der Waals surface area (Å²) in [6.45, 7) is 6.36. The minimum absolute atomic E-state index is 0.0857. The summed E-state index contributed by atoms with van der Waals surface area (Å²) in [5, 5.41) is 14.5. The molecule has 1 N–H and O–H groups in total. The summed E-state index contributed by atoms with van der Waals surface area (Å²) >= 11 is 0. The number of tetrazole rings is 1. The van der Waals surface area contributed by atoms with Crippen molar-refractivity contribution < 1.29 is 9.53 Å². The van der Waals surface area contributed by atoms with E-state index in [4.69, 9.17) is 4.74 Å². The van der Waals surface area contributed by atoms with Crippen molar-refractivity contribution in [1.82, 2.24) is 20.2 Å². The molecule has 0 spiro atoms. The van der Waals surface area contributed by atoms with E-state index in [0.717, 1.165) is 22.6 Å². The van der Waals surface area contributed by atoms with Crippen LogP contribution in [0.15, 0.2) is 42.5 Å². The highest BCUT2D eigenvalue weighted by Crippen LogP contribution is 2.20. The molecule has 26 heavy (non-hydrogen) atoms. The van der Waals surface area contributed by atoms with Crippen LogP contribution in [0.1, 0.15) is 23.9 Å². The van der Waals surface area contributed by atoms with E-state index < -0.39 is 0 Å². The Hall–Kier alpha value is -3.22. The molecule has 7 heteroatoms. The van der Waals surface area contributed by atoms with Crippen molar-refractivity contribution in [2.24, 2.45) is 0 Å². The van der Waals surface area contributed by atoms with E-state index >= 15 is 0 Å². The Morgan fingerprint density at radius 2 is 1.92 bits per heavy atom. The number of aryl methyl sites for hydroxylation is 2. The summed E-state index contributed by atoms with van der Waals surface area (Å²) in [4.78, 5) is 12.4. The third-order valence-corrected chi connectivity index (χ3v) is 3.95. The zero-order chi connectivity index (χ0) is 18.5. The Morgan fingerprint density at radius 3 is 2.58 bits per heavy atom. The lowest BCUT2D eigenvalue weighted by Gasteiger charge is -2.11. The number of benzene rings is 2. The summed E-state index contributed by atoms with van der Waals surface area (Å²) in [5.41, 5.74) is 3.49. The lowest BCUT2D eigenvalue weighted by molar-refractivity contribution is -0.115. The minimum atomic E-state index is -0.0857. The number of hydrogen-bond acceptors (Lipinski definition) is 5. The second-order valence-corrected chi connectivity index (χ2v) is 5.94. The van der Waals surface area contributed by atoms with Crippen LogP contribution in [0.5, 0.6) is 5.75 Å². The quantitative estimate of drug-likeness (QED) is 0.738. The average molecular weight is 351 g/mol. The highest BCUT2D eigenvalue weighted by atomic mass is 16.5. The lowest BCUT2D eigenvalue weighted by atomic mass is 10.1. The van der Waals surface area contributed by atoms with Crippen LogP contribution in [0.4, 0.5) is 5.69 Å². The van der Waals surface area contributed by atoms with Crippen LogP contribution in [0.2, 0.25) is 0 Å². The third kappa shape index (κ3) is 4.05. The molecule has 1 heterocycles. The zero-order valence-corrected chi connectivity index (χ0v) is 15.1. The summed E-state index contributed by atoms with van der Waals surface area (Å²) < 4.78 is 7.06.